The van der Waals surface area contributed by atoms with Crippen molar-refractivity contribution in [1.29, 1.82) is 0 Å². The minimum Gasteiger partial charge on any atom is -0.380 e. The number of rotatable bonds is 7. The van der Waals surface area contributed by atoms with Crippen molar-refractivity contribution in [1.82, 2.24) is 9.97 Å². The topological polar surface area (TPSA) is 60.0 Å². The zero-order valence-corrected chi connectivity index (χ0v) is 28.3. The Hall–Kier alpha value is -2.95. The molecule has 1 spiro atoms. The maximum Gasteiger partial charge on any atom is 0.189 e. The fourth-order valence-electron chi connectivity index (χ4n) is 6.77. The number of hydrogen-bond acceptors (Lipinski definition) is 8. The number of aromatic nitrogens is 2. The first-order valence-corrected chi connectivity index (χ1v) is 17.7. The van der Waals surface area contributed by atoms with Gasteiger partial charge in [-0.1, -0.05) is 78.5 Å². The van der Waals surface area contributed by atoms with Crippen molar-refractivity contribution < 1.29 is 14.2 Å². The Kier molecular flexibility index (Phi) is 9.15. The first-order valence-electron chi connectivity index (χ1n) is 15.7. The Morgan fingerprint density at radius 3 is 2.40 bits per heavy atom. The van der Waals surface area contributed by atoms with E-state index in [0.29, 0.717) is 26.2 Å². The fourth-order valence-corrected chi connectivity index (χ4v) is 8.12. The van der Waals surface area contributed by atoms with Crippen LogP contribution < -0.4 is 9.80 Å². The minimum absolute atomic E-state index is 0.0440. The van der Waals surface area contributed by atoms with Crippen LogP contribution in [0.2, 0.25) is 0 Å². The number of hydrogen-bond donors (Lipinski definition) is 0. The molecule has 2 unspecified atom stereocenters. The first-order chi connectivity index (χ1) is 22.0. The van der Waals surface area contributed by atoms with E-state index < -0.39 is 5.60 Å². The summed E-state index contributed by atoms with van der Waals surface area (Å²) < 4.78 is 20.2. The van der Waals surface area contributed by atoms with Gasteiger partial charge in [0.05, 0.1) is 37.3 Å². The van der Waals surface area contributed by atoms with Crippen molar-refractivity contribution >= 4 is 39.2 Å². The van der Waals surface area contributed by atoms with Crippen LogP contribution in [0.5, 0.6) is 0 Å². The summed E-state index contributed by atoms with van der Waals surface area (Å²) in [4.78, 5) is 14.9. The molecule has 4 aromatic rings. The normalized spacial score (nSPS) is 21.2. The van der Waals surface area contributed by atoms with E-state index in [1.807, 2.05) is 6.26 Å². The zero-order chi connectivity index (χ0) is 30.8. The Labute approximate surface area is 278 Å². The summed E-state index contributed by atoms with van der Waals surface area (Å²) in [7, 11) is 0. The van der Waals surface area contributed by atoms with Crippen molar-refractivity contribution in [2.45, 2.75) is 56.3 Å². The standard InChI is InChI=1S/C36H39BrN4O3S/c1-25-28-14-15-31(41(21-26-10-5-3-6-11-26)22-27-12-7-4-8-13-27)33(37)32(28)36(24-43-25)20-30-29(23-44-36)34(39-35(38-30)45-2)40-16-9-18-42-19-17-40/h3-8,10-15,25H,9,16-24H2,1-2H3. The van der Waals surface area contributed by atoms with Gasteiger partial charge in [-0.2, -0.15) is 0 Å². The zero-order valence-electron chi connectivity index (χ0n) is 25.9. The number of ether oxygens (including phenoxy) is 3. The van der Waals surface area contributed by atoms with Crippen LogP contribution in [0.1, 0.15) is 53.0 Å². The molecule has 1 aromatic heterocycles. The van der Waals surface area contributed by atoms with Gasteiger partial charge < -0.3 is 24.0 Å². The molecule has 0 radical (unpaired) electrons. The van der Waals surface area contributed by atoms with Crippen LogP contribution in [0.3, 0.4) is 0 Å². The van der Waals surface area contributed by atoms with Gasteiger partial charge in [0.2, 0.25) is 0 Å². The van der Waals surface area contributed by atoms with E-state index in [1.165, 1.54) is 16.7 Å². The lowest BCUT2D eigenvalue weighted by atomic mass is 9.80. The highest BCUT2D eigenvalue weighted by Crippen LogP contribution is 2.50. The van der Waals surface area contributed by atoms with E-state index >= 15 is 0 Å². The Balaban J connectivity index is 1.30. The molecule has 3 aliphatic heterocycles. The molecule has 7 rings (SSSR count). The maximum absolute atomic E-state index is 6.98. The molecule has 0 saturated carbocycles. The van der Waals surface area contributed by atoms with Gasteiger partial charge in [0.1, 0.15) is 11.4 Å². The van der Waals surface area contributed by atoms with Gasteiger partial charge >= 0.3 is 0 Å². The molecule has 45 heavy (non-hydrogen) atoms. The molecule has 1 fully saturated rings. The lowest BCUT2D eigenvalue weighted by molar-refractivity contribution is -0.148. The van der Waals surface area contributed by atoms with Crippen LogP contribution in [0.15, 0.2) is 82.4 Å². The Bertz CT molecular complexity index is 1590. The Morgan fingerprint density at radius 1 is 0.956 bits per heavy atom. The summed E-state index contributed by atoms with van der Waals surface area (Å²) >= 11 is 5.74. The van der Waals surface area contributed by atoms with Crippen molar-refractivity contribution in [3.63, 3.8) is 0 Å². The van der Waals surface area contributed by atoms with Crippen LogP contribution in [-0.2, 0) is 45.9 Å². The molecule has 0 amide bonds. The molecule has 0 aliphatic carbocycles. The molecule has 7 nitrogen and oxygen atoms in total. The van der Waals surface area contributed by atoms with Crippen molar-refractivity contribution in [2.75, 3.05) is 49.0 Å². The molecule has 3 aliphatic rings. The second kappa shape index (κ2) is 13.4. The van der Waals surface area contributed by atoms with Crippen LogP contribution in [0, 0.1) is 0 Å². The number of fused-ring (bicyclic) bond motifs is 3. The molecular formula is C36H39BrN4O3S. The lowest BCUT2D eigenvalue weighted by Gasteiger charge is -2.45. The van der Waals surface area contributed by atoms with Crippen molar-refractivity contribution in [3.05, 3.63) is 111 Å². The van der Waals surface area contributed by atoms with Gasteiger partial charge in [-0.3, -0.25) is 0 Å². The van der Waals surface area contributed by atoms with Gasteiger partial charge in [0, 0.05) is 54.8 Å². The highest BCUT2D eigenvalue weighted by atomic mass is 79.9. The van der Waals surface area contributed by atoms with E-state index in [9.17, 15) is 0 Å². The van der Waals surface area contributed by atoms with Crippen LogP contribution in [0.25, 0.3) is 0 Å². The quantitative estimate of drug-likeness (QED) is 0.147. The average Bonchev–Trinajstić information content (AvgIpc) is 3.36. The summed E-state index contributed by atoms with van der Waals surface area (Å²) in [5.41, 5.74) is 7.46. The second-order valence-corrected chi connectivity index (χ2v) is 13.6. The average molecular weight is 688 g/mol. The maximum atomic E-state index is 6.98. The monoisotopic (exact) mass is 686 g/mol. The SMILES string of the molecule is CSc1nc2c(c(N3CCCOCC3)n1)COC1(COC(C)c3ccc(N(Cc4ccccc4)Cc4ccccc4)c(Br)c31)C2. The fraction of sp³-hybridized carbons (Fsp3) is 0.389. The van der Waals surface area contributed by atoms with Crippen LogP contribution >= 0.6 is 27.7 Å². The number of thioether (sulfide) groups is 1. The summed E-state index contributed by atoms with van der Waals surface area (Å²) in [6, 6.07) is 25.8. The molecule has 9 heteroatoms. The summed E-state index contributed by atoms with van der Waals surface area (Å²) in [6.45, 7) is 7.81. The van der Waals surface area contributed by atoms with Gasteiger partial charge in [-0.05, 0) is 58.3 Å². The molecule has 2 atom stereocenters. The number of benzene rings is 3. The smallest absolute Gasteiger partial charge is 0.189 e. The largest absolute Gasteiger partial charge is 0.380 e. The molecule has 4 heterocycles. The van der Waals surface area contributed by atoms with E-state index in [2.05, 4.69) is 105 Å². The predicted octanol–water partition coefficient (Wildman–Crippen LogP) is 7.45. The first kappa shape index (κ1) is 30.7. The molecule has 1 saturated heterocycles. The van der Waals surface area contributed by atoms with E-state index in [0.717, 1.165) is 77.2 Å². The summed E-state index contributed by atoms with van der Waals surface area (Å²) in [6.07, 6.45) is 3.60. The highest BCUT2D eigenvalue weighted by Gasteiger charge is 2.47. The van der Waals surface area contributed by atoms with Gasteiger partial charge in [-0.25, -0.2) is 9.97 Å². The van der Waals surface area contributed by atoms with Crippen molar-refractivity contribution in [2.24, 2.45) is 0 Å². The highest BCUT2D eigenvalue weighted by molar-refractivity contribution is 9.10. The summed E-state index contributed by atoms with van der Waals surface area (Å²) in [5.74, 6) is 0.986. The van der Waals surface area contributed by atoms with Crippen LogP contribution in [-0.4, -0.2) is 49.1 Å². The second-order valence-electron chi connectivity index (χ2n) is 12.0. The number of halogens is 1. The van der Waals surface area contributed by atoms with Crippen molar-refractivity contribution in [3.8, 4) is 0 Å². The third-order valence-electron chi connectivity index (χ3n) is 9.09. The molecule has 3 aromatic carbocycles. The number of anilines is 2. The summed E-state index contributed by atoms with van der Waals surface area (Å²) in [5, 5.41) is 0.793. The molecular weight excluding hydrogens is 648 g/mol. The predicted molar refractivity (Wildman–Crippen MR) is 183 cm³/mol. The van der Waals surface area contributed by atoms with Gasteiger partial charge in [0.25, 0.3) is 0 Å². The van der Waals surface area contributed by atoms with E-state index in [1.54, 1.807) is 11.8 Å². The third-order valence-corrected chi connectivity index (χ3v) is 10.4. The van der Waals surface area contributed by atoms with E-state index in [-0.39, 0.29) is 6.10 Å². The van der Waals surface area contributed by atoms with E-state index in [4.69, 9.17) is 24.2 Å². The van der Waals surface area contributed by atoms with Crippen LogP contribution in [0.4, 0.5) is 11.5 Å². The third kappa shape index (κ3) is 6.25. The van der Waals surface area contributed by atoms with Gasteiger partial charge in [0.15, 0.2) is 5.16 Å². The lowest BCUT2D eigenvalue weighted by Crippen LogP contribution is -2.46. The van der Waals surface area contributed by atoms with Gasteiger partial charge in [-0.15, -0.1) is 0 Å². The minimum atomic E-state index is -0.669. The number of nitrogens with zero attached hydrogens (tertiary/aromatic N) is 4. The molecule has 0 bridgehead atoms. The Morgan fingerprint density at radius 2 is 1.69 bits per heavy atom. The molecule has 234 valence electrons. The molecule has 0 N–H and O–H groups in total.